The first-order valence-electron chi connectivity index (χ1n) is 5.48. The molecule has 0 radical (unpaired) electrons. The number of anilines is 1. The lowest BCUT2D eigenvalue weighted by molar-refractivity contribution is -0.384. The van der Waals surface area contributed by atoms with Gasteiger partial charge in [-0.2, -0.15) is 0 Å². The van der Waals surface area contributed by atoms with E-state index in [1.54, 1.807) is 12.1 Å². The number of nitrogens with zero attached hydrogens (tertiary/aromatic N) is 1. The van der Waals surface area contributed by atoms with Crippen molar-refractivity contribution in [3.05, 3.63) is 67.6 Å². The molecule has 2 aromatic rings. The van der Waals surface area contributed by atoms with Gasteiger partial charge in [0.15, 0.2) is 0 Å². The molecule has 0 aliphatic heterocycles. The maximum atomic E-state index is 10.5. The highest BCUT2D eigenvalue weighted by molar-refractivity contribution is 9.10. The highest BCUT2D eigenvalue weighted by Gasteiger charge is 2.04. The summed E-state index contributed by atoms with van der Waals surface area (Å²) in [4.78, 5) is 10.1. The van der Waals surface area contributed by atoms with E-state index in [0.717, 1.165) is 15.7 Å². The topological polar surface area (TPSA) is 55.2 Å². The Kier molecular flexibility index (Phi) is 4.39. The number of halogens is 2. The Morgan fingerprint density at radius 3 is 2.47 bits per heavy atom. The van der Waals surface area contributed by atoms with Gasteiger partial charge in [-0.25, -0.2) is 0 Å². The first-order chi connectivity index (χ1) is 9.06. The van der Waals surface area contributed by atoms with Crippen molar-refractivity contribution in [3.63, 3.8) is 0 Å². The predicted octanol–water partition coefficient (Wildman–Crippen LogP) is 4.62. The van der Waals surface area contributed by atoms with Crippen LogP contribution in [-0.2, 0) is 6.54 Å². The van der Waals surface area contributed by atoms with Crippen molar-refractivity contribution in [1.82, 2.24) is 0 Å². The summed E-state index contributed by atoms with van der Waals surface area (Å²) < 4.78 is 0.925. The van der Waals surface area contributed by atoms with Crippen molar-refractivity contribution in [2.24, 2.45) is 0 Å². The molecule has 0 amide bonds. The second-order valence-corrected chi connectivity index (χ2v) is 5.18. The summed E-state index contributed by atoms with van der Waals surface area (Å²) in [6, 6.07) is 11.9. The van der Waals surface area contributed by atoms with Crippen molar-refractivity contribution in [2.45, 2.75) is 6.54 Å². The van der Waals surface area contributed by atoms with E-state index in [1.165, 1.54) is 12.1 Å². The van der Waals surface area contributed by atoms with Crippen LogP contribution in [0.25, 0.3) is 0 Å². The zero-order valence-electron chi connectivity index (χ0n) is 9.77. The van der Waals surface area contributed by atoms with Gasteiger partial charge in [0.25, 0.3) is 5.69 Å². The second kappa shape index (κ2) is 6.04. The zero-order chi connectivity index (χ0) is 13.8. The first-order valence-corrected chi connectivity index (χ1v) is 6.65. The van der Waals surface area contributed by atoms with Crippen molar-refractivity contribution >= 4 is 38.9 Å². The van der Waals surface area contributed by atoms with Gasteiger partial charge in [0, 0.05) is 33.9 Å². The summed E-state index contributed by atoms with van der Waals surface area (Å²) in [6.45, 7) is 0.607. The Morgan fingerprint density at radius 1 is 1.21 bits per heavy atom. The average Bonchev–Trinajstić information content (AvgIpc) is 2.38. The molecule has 1 N–H and O–H groups in total. The molecule has 0 bridgehead atoms. The summed E-state index contributed by atoms with van der Waals surface area (Å²) in [7, 11) is 0. The van der Waals surface area contributed by atoms with Gasteiger partial charge in [-0.1, -0.05) is 33.6 Å². The maximum absolute atomic E-state index is 10.5. The molecule has 0 aliphatic carbocycles. The molecule has 0 saturated carbocycles. The van der Waals surface area contributed by atoms with Gasteiger partial charge in [-0.15, -0.1) is 0 Å². The molecule has 4 nitrogen and oxygen atoms in total. The Balaban J connectivity index is 2.04. The van der Waals surface area contributed by atoms with Crippen LogP contribution in [0.1, 0.15) is 5.56 Å². The van der Waals surface area contributed by atoms with Crippen LogP contribution in [0.2, 0.25) is 5.02 Å². The van der Waals surface area contributed by atoms with E-state index in [1.807, 2.05) is 18.2 Å². The van der Waals surface area contributed by atoms with Crippen LogP contribution in [0.3, 0.4) is 0 Å². The van der Waals surface area contributed by atoms with Gasteiger partial charge in [-0.3, -0.25) is 10.1 Å². The van der Waals surface area contributed by atoms with E-state index in [2.05, 4.69) is 21.2 Å². The lowest BCUT2D eigenvalue weighted by Crippen LogP contribution is -2.00. The monoisotopic (exact) mass is 340 g/mol. The Morgan fingerprint density at radius 2 is 1.89 bits per heavy atom. The summed E-state index contributed by atoms with van der Waals surface area (Å²) in [5.74, 6) is 0. The molecule has 0 atom stereocenters. The fraction of sp³-hybridized carbons (Fsp3) is 0.0769. The molecule has 0 aromatic heterocycles. The summed E-state index contributed by atoms with van der Waals surface area (Å²) in [6.07, 6.45) is 0. The molecule has 0 saturated heterocycles. The molecule has 0 spiro atoms. The number of benzene rings is 2. The lowest BCUT2D eigenvalue weighted by Gasteiger charge is -2.08. The first kappa shape index (κ1) is 13.8. The quantitative estimate of drug-likeness (QED) is 0.652. The Labute approximate surface area is 123 Å². The van der Waals surface area contributed by atoms with E-state index in [-0.39, 0.29) is 5.69 Å². The van der Waals surface area contributed by atoms with Gasteiger partial charge in [0.05, 0.1) is 4.92 Å². The second-order valence-electron chi connectivity index (χ2n) is 3.89. The van der Waals surface area contributed by atoms with Crippen molar-refractivity contribution in [1.29, 1.82) is 0 Å². The van der Waals surface area contributed by atoms with Crippen molar-refractivity contribution < 1.29 is 4.92 Å². The van der Waals surface area contributed by atoms with Crippen LogP contribution in [0.15, 0.2) is 46.9 Å². The van der Waals surface area contributed by atoms with Crippen LogP contribution < -0.4 is 5.32 Å². The molecule has 98 valence electrons. The molecular weight excluding hydrogens is 332 g/mol. The van der Waals surface area contributed by atoms with Gasteiger partial charge in [-0.05, 0) is 29.8 Å². The van der Waals surface area contributed by atoms with Gasteiger partial charge >= 0.3 is 0 Å². The minimum Gasteiger partial charge on any atom is -0.381 e. The number of nitro benzene ring substituents is 1. The third-order valence-corrected chi connectivity index (χ3v) is 3.55. The third-order valence-electron chi connectivity index (χ3n) is 2.58. The van der Waals surface area contributed by atoms with E-state index >= 15 is 0 Å². The van der Waals surface area contributed by atoms with Crippen LogP contribution in [0.5, 0.6) is 0 Å². The highest BCUT2D eigenvalue weighted by atomic mass is 79.9. The lowest BCUT2D eigenvalue weighted by atomic mass is 10.2. The Bertz CT molecular complexity index is 602. The predicted molar refractivity (Wildman–Crippen MR) is 79.6 cm³/mol. The normalized spacial score (nSPS) is 10.2. The minimum atomic E-state index is -0.417. The van der Waals surface area contributed by atoms with Crippen molar-refractivity contribution in [3.8, 4) is 0 Å². The number of hydrogen-bond donors (Lipinski definition) is 1. The summed E-state index contributed by atoms with van der Waals surface area (Å²) in [5.41, 5.74) is 1.97. The highest BCUT2D eigenvalue weighted by Crippen LogP contribution is 2.23. The molecule has 6 heteroatoms. The standard InChI is InChI=1S/C13H10BrClN2O2/c14-13-7-10(15)2-1-9(13)8-16-11-3-5-12(6-4-11)17(18)19/h1-7,16H,8H2. The number of non-ortho nitro benzene ring substituents is 1. The SMILES string of the molecule is O=[N+]([O-])c1ccc(NCc2ccc(Cl)cc2Br)cc1. The Hall–Kier alpha value is -1.59. The van der Waals surface area contributed by atoms with Crippen LogP contribution >= 0.6 is 27.5 Å². The molecule has 0 heterocycles. The number of nitro groups is 1. The summed E-state index contributed by atoms with van der Waals surface area (Å²) in [5, 5.41) is 14.4. The van der Waals surface area contributed by atoms with E-state index in [4.69, 9.17) is 11.6 Å². The minimum absolute atomic E-state index is 0.0817. The zero-order valence-corrected chi connectivity index (χ0v) is 12.1. The van der Waals surface area contributed by atoms with Crippen LogP contribution in [-0.4, -0.2) is 4.92 Å². The van der Waals surface area contributed by atoms with Crippen LogP contribution in [0.4, 0.5) is 11.4 Å². The fourth-order valence-electron chi connectivity index (χ4n) is 1.56. The van der Waals surface area contributed by atoms with Gasteiger partial charge < -0.3 is 5.32 Å². The van der Waals surface area contributed by atoms with Gasteiger partial charge in [0.1, 0.15) is 0 Å². The van der Waals surface area contributed by atoms with E-state index in [9.17, 15) is 10.1 Å². The fourth-order valence-corrected chi connectivity index (χ4v) is 2.39. The molecular formula is C13H10BrClN2O2. The molecule has 2 aromatic carbocycles. The molecule has 2 rings (SSSR count). The molecule has 0 aliphatic rings. The summed E-state index contributed by atoms with van der Waals surface area (Å²) >= 11 is 9.30. The number of rotatable bonds is 4. The third kappa shape index (κ3) is 3.68. The number of hydrogen-bond acceptors (Lipinski definition) is 3. The maximum Gasteiger partial charge on any atom is 0.269 e. The molecule has 19 heavy (non-hydrogen) atoms. The molecule has 0 unspecified atom stereocenters. The smallest absolute Gasteiger partial charge is 0.269 e. The largest absolute Gasteiger partial charge is 0.381 e. The van der Waals surface area contributed by atoms with E-state index < -0.39 is 4.92 Å². The van der Waals surface area contributed by atoms with Crippen LogP contribution in [0, 0.1) is 10.1 Å². The van der Waals surface area contributed by atoms with E-state index in [0.29, 0.717) is 11.6 Å². The molecule has 0 fully saturated rings. The number of nitrogens with one attached hydrogen (secondary N) is 1. The van der Waals surface area contributed by atoms with Gasteiger partial charge in [0.2, 0.25) is 0 Å². The van der Waals surface area contributed by atoms with Crippen molar-refractivity contribution in [2.75, 3.05) is 5.32 Å². The average molecular weight is 342 g/mol.